The molecule has 0 radical (unpaired) electrons. The van der Waals surface area contributed by atoms with Crippen LogP contribution in [-0.4, -0.2) is 71.8 Å². The molecule has 1 aliphatic heterocycles. The van der Waals surface area contributed by atoms with Crippen LogP contribution in [0.15, 0.2) is 48.5 Å². The van der Waals surface area contributed by atoms with Gasteiger partial charge in [-0.15, -0.1) is 0 Å². The molecule has 2 aliphatic carbocycles. The maximum atomic E-state index is 13.9. The number of rotatable bonds is 10. The monoisotopic (exact) mass is 625 g/mol. The molecule has 0 spiro atoms. The van der Waals surface area contributed by atoms with Gasteiger partial charge in [-0.1, -0.05) is 86.0 Å². The van der Waals surface area contributed by atoms with E-state index in [1.54, 1.807) is 0 Å². The lowest BCUT2D eigenvalue weighted by molar-refractivity contribution is -0.144. The maximum Gasteiger partial charge on any atom is 0.253 e. The average molecular weight is 627 g/mol. The minimum absolute atomic E-state index is 0.0249. The number of halogens is 2. The molecule has 0 bridgehead atoms. The predicted octanol–water partition coefficient (Wildman–Crippen LogP) is 8.45. The molecule has 3 aliphatic rings. The van der Waals surface area contributed by atoms with Crippen LogP contribution in [0.2, 0.25) is 10.0 Å². The fraction of sp³-hybridized carbons (Fsp3) is 0.611. The molecule has 0 N–H and O–H groups in total. The van der Waals surface area contributed by atoms with E-state index >= 15 is 0 Å². The molecular formula is C36H49Cl2N3O2. The maximum absolute atomic E-state index is 13.9. The van der Waals surface area contributed by atoms with E-state index in [4.69, 9.17) is 23.2 Å². The summed E-state index contributed by atoms with van der Waals surface area (Å²) in [6.45, 7) is 3.58. The molecule has 5 nitrogen and oxygen atoms in total. The summed E-state index contributed by atoms with van der Waals surface area (Å²) in [5.74, 6) is 0.876. The van der Waals surface area contributed by atoms with Crippen molar-refractivity contribution in [1.82, 2.24) is 14.7 Å². The Bertz CT molecular complexity index is 1190. The number of hydrogen-bond acceptors (Lipinski definition) is 3. The Morgan fingerprint density at radius 3 is 2.09 bits per heavy atom. The summed E-state index contributed by atoms with van der Waals surface area (Å²) in [6.07, 6.45) is 15.1. The molecule has 1 unspecified atom stereocenters. The van der Waals surface area contributed by atoms with Gasteiger partial charge in [-0.25, -0.2) is 0 Å². The van der Waals surface area contributed by atoms with Gasteiger partial charge >= 0.3 is 0 Å². The van der Waals surface area contributed by atoms with E-state index < -0.39 is 0 Å². The smallest absolute Gasteiger partial charge is 0.253 e. The highest BCUT2D eigenvalue weighted by atomic mass is 35.5. The first-order chi connectivity index (χ1) is 20.9. The van der Waals surface area contributed by atoms with Crippen molar-refractivity contribution in [3.05, 3.63) is 69.7 Å². The van der Waals surface area contributed by atoms with Crippen LogP contribution in [0.4, 0.5) is 0 Å². The third-order valence-corrected chi connectivity index (χ3v) is 10.9. The van der Waals surface area contributed by atoms with Crippen LogP contribution < -0.4 is 0 Å². The highest BCUT2D eigenvalue weighted by Crippen LogP contribution is 2.34. The van der Waals surface area contributed by atoms with Crippen LogP contribution >= 0.6 is 23.2 Å². The van der Waals surface area contributed by atoms with Crippen LogP contribution in [0, 0.1) is 5.92 Å². The van der Waals surface area contributed by atoms with E-state index in [2.05, 4.69) is 9.80 Å². The summed E-state index contributed by atoms with van der Waals surface area (Å²) in [4.78, 5) is 33.9. The van der Waals surface area contributed by atoms with Gasteiger partial charge in [0.2, 0.25) is 5.91 Å². The summed E-state index contributed by atoms with van der Waals surface area (Å²) < 4.78 is 0. The number of likely N-dealkylation sites (N-methyl/N-ethyl adjacent to an activating group) is 1. The number of piperidine rings is 1. The van der Waals surface area contributed by atoms with E-state index in [1.165, 1.54) is 51.4 Å². The fourth-order valence-corrected chi connectivity index (χ4v) is 7.99. The van der Waals surface area contributed by atoms with E-state index in [1.807, 2.05) is 60.5 Å². The topological polar surface area (TPSA) is 43.9 Å². The van der Waals surface area contributed by atoms with E-state index in [0.717, 1.165) is 57.3 Å². The Balaban J connectivity index is 1.22. The van der Waals surface area contributed by atoms with Gasteiger partial charge < -0.3 is 14.7 Å². The van der Waals surface area contributed by atoms with Crippen molar-refractivity contribution in [3.8, 4) is 0 Å². The molecule has 1 heterocycles. The molecule has 2 aromatic rings. The van der Waals surface area contributed by atoms with E-state index in [0.29, 0.717) is 40.1 Å². The molecule has 2 aromatic carbocycles. The van der Waals surface area contributed by atoms with Crippen molar-refractivity contribution >= 4 is 35.0 Å². The standard InChI is InChI=1S/C36H49Cl2N3O2/c1-39(35(42)27-11-5-2-6-12-27)26-30(29-17-18-33(37)34(38)25-29)19-22-40-23-20-32(21-24-40)41(31-15-9-4-10-16-31)36(43)28-13-7-3-8-14-28/h2,5-6,11-12,17-18,25,28,30-32H,3-4,7-10,13-16,19-24,26H2,1H3. The lowest BCUT2D eigenvalue weighted by atomic mass is 9.85. The van der Waals surface area contributed by atoms with Gasteiger partial charge in [0.1, 0.15) is 0 Å². The molecule has 5 rings (SSSR count). The second-order valence-electron chi connectivity index (χ2n) is 13.2. The number of carbonyl (C=O) groups is 2. The molecule has 1 saturated heterocycles. The molecule has 2 amide bonds. The second-order valence-corrected chi connectivity index (χ2v) is 14.0. The Kier molecular flexibility index (Phi) is 11.9. The third kappa shape index (κ3) is 8.55. The molecule has 43 heavy (non-hydrogen) atoms. The van der Waals surface area contributed by atoms with Crippen LogP contribution in [-0.2, 0) is 4.79 Å². The molecule has 0 aromatic heterocycles. The first-order valence-electron chi connectivity index (χ1n) is 16.7. The van der Waals surface area contributed by atoms with Crippen LogP contribution in [0.25, 0.3) is 0 Å². The summed E-state index contributed by atoms with van der Waals surface area (Å²) in [6, 6.07) is 16.1. The zero-order valence-corrected chi connectivity index (χ0v) is 27.4. The quantitative estimate of drug-likeness (QED) is 0.266. The average Bonchev–Trinajstić information content (AvgIpc) is 3.06. The zero-order chi connectivity index (χ0) is 30.2. The Morgan fingerprint density at radius 1 is 0.814 bits per heavy atom. The van der Waals surface area contributed by atoms with Gasteiger partial charge in [0.15, 0.2) is 0 Å². The van der Waals surface area contributed by atoms with Crippen molar-refractivity contribution in [3.63, 3.8) is 0 Å². The lowest BCUT2D eigenvalue weighted by Crippen LogP contribution is -2.54. The van der Waals surface area contributed by atoms with Crippen LogP contribution in [0.1, 0.15) is 105 Å². The Labute approximate surface area is 268 Å². The van der Waals surface area contributed by atoms with Crippen LogP contribution in [0.5, 0.6) is 0 Å². The van der Waals surface area contributed by atoms with Crippen molar-refractivity contribution < 1.29 is 9.59 Å². The highest BCUT2D eigenvalue weighted by molar-refractivity contribution is 6.42. The van der Waals surface area contributed by atoms with Gasteiger partial charge in [0.25, 0.3) is 5.91 Å². The Morgan fingerprint density at radius 2 is 1.44 bits per heavy atom. The Hall–Kier alpha value is -2.08. The van der Waals surface area contributed by atoms with Gasteiger partial charge in [0.05, 0.1) is 10.0 Å². The SMILES string of the molecule is CN(CC(CCN1CCC(N(C(=O)C2CCCCC2)C2CCCCC2)CC1)c1ccc(Cl)c(Cl)c1)C(=O)c1ccccc1. The second kappa shape index (κ2) is 15.8. The van der Waals surface area contributed by atoms with Crippen molar-refractivity contribution in [2.24, 2.45) is 5.92 Å². The van der Waals surface area contributed by atoms with E-state index in [-0.39, 0.29) is 17.7 Å². The molecular weight excluding hydrogens is 577 g/mol. The third-order valence-electron chi connectivity index (χ3n) is 10.2. The number of amides is 2. The zero-order valence-electron chi connectivity index (χ0n) is 25.9. The van der Waals surface area contributed by atoms with E-state index in [9.17, 15) is 9.59 Å². The fourth-order valence-electron chi connectivity index (χ4n) is 7.68. The van der Waals surface area contributed by atoms with Gasteiger partial charge in [0, 0.05) is 56.2 Å². The first-order valence-corrected chi connectivity index (χ1v) is 17.5. The minimum Gasteiger partial charge on any atom is -0.341 e. The predicted molar refractivity (Wildman–Crippen MR) is 177 cm³/mol. The van der Waals surface area contributed by atoms with Crippen LogP contribution in [0.3, 0.4) is 0 Å². The minimum atomic E-state index is 0.0249. The molecule has 1 atom stereocenters. The summed E-state index contributed by atoms with van der Waals surface area (Å²) >= 11 is 12.7. The summed E-state index contributed by atoms with van der Waals surface area (Å²) in [5.41, 5.74) is 1.81. The number of hydrogen-bond donors (Lipinski definition) is 0. The summed E-state index contributed by atoms with van der Waals surface area (Å²) in [5, 5.41) is 1.10. The van der Waals surface area contributed by atoms with Gasteiger partial charge in [-0.3, -0.25) is 9.59 Å². The number of benzene rings is 2. The normalized spacial score (nSPS) is 20.1. The summed E-state index contributed by atoms with van der Waals surface area (Å²) in [7, 11) is 1.88. The number of carbonyl (C=O) groups excluding carboxylic acids is 2. The molecule has 3 fully saturated rings. The van der Waals surface area contributed by atoms with Gasteiger partial charge in [-0.2, -0.15) is 0 Å². The number of nitrogens with zero attached hydrogens (tertiary/aromatic N) is 3. The molecule has 234 valence electrons. The lowest BCUT2D eigenvalue weighted by Gasteiger charge is -2.45. The van der Waals surface area contributed by atoms with Crippen molar-refractivity contribution in [2.75, 3.05) is 33.2 Å². The number of likely N-dealkylation sites (tertiary alicyclic amines) is 1. The van der Waals surface area contributed by atoms with Crippen molar-refractivity contribution in [1.29, 1.82) is 0 Å². The first kappa shape index (κ1) is 32.3. The van der Waals surface area contributed by atoms with Crippen molar-refractivity contribution in [2.45, 2.75) is 101 Å². The largest absolute Gasteiger partial charge is 0.341 e. The highest BCUT2D eigenvalue weighted by Gasteiger charge is 2.37. The molecule has 2 saturated carbocycles. The van der Waals surface area contributed by atoms with Gasteiger partial charge in [-0.05, 0) is 81.3 Å². The molecule has 7 heteroatoms.